The molecule has 0 unspecified atom stereocenters. The third kappa shape index (κ3) is 4.95. The number of carbonyl (C=O) groups excluding carboxylic acids is 1. The van der Waals surface area contributed by atoms with Crippen LogP contribution >= 0.6 is 23.2 Å². The molecule has 2 aliphatic heterocycles. The van der Waals surface area contributed by atoms with Crippen LogP contribution in [0.15, 0.2) is 58.6 Å². The molecule has 0 saturated carbocycles. The van der Waals surface area contributed by atoms with Crippen molar-refractivity contribution in [2.45, 2.75) is 10.1 Å². The molecule has 4 heterocycles. The molecular weight excluding hydrogens is 599 g/mol. The molecule has 0 spiro atoms. The van der Waals surface area contributed by atoms with Crippen molar-refractivity contribution in [1.29, 1.82) is 0 Å². The van der Waals surface area contributed by atoms with Crippen LogP contribution in [-0.2, 0) is 20.0 Å². The minimum atomic E-state index is -3.77. The summed E-state index contributed by atoms with van der Waals surface area (Å²) < 4.78 is 55.6. The number of benzene rings is 2. The van der Waals surface area contributed by atoms with Gasteiger partial charge in [-0.15, -0.1) is 0 Å². The molecule has 2 fully saturated rings. The van der Waals surface area contributed by atoms with Gasteiger partial charge < -0.3 is 19.8 Å². The van der Waals surface area contributed by atoms with E-state index in [4.69, 9.17) is 23.2 Å². The van der Waals surface area contributed by atoms with Crippen molar-refractivity contribution in [3.05, 3.63) is 58.6 Å². The Morgan fingerprint density at radius 2 is 0.975 bits per heavy atom. The van der Waals surface area contributed by atoms with Crippen LogP contribution in [0.3, 0.4) is 0 Å². The number of nitrogens with zero attached hydrogens (tertiary/aromatic N) is 4. The number of amides is 2. The lowest BCUT2D eigenvalue weighted by Gasteiger charge is -2.39. The van der Waals surface area contributed by atoms with Crippen molar-refractivity contribution < 1.29 is 21.6 Å². The van der Waals surface area contributed by atoms with E-state index in [2.05, 4.69) is 9.97 Å². The summed E-state index contributed by atoms with van der Waals surface area (Å²) in [4.78, 5) is 22.3. The summed E-state index contributed by atoms with van der Waals surface area (Å²) in [7, 11) is -7.55. The Kier molecular flexibility index (Phi) is 7.00. The number of fused-ring (bicyclic) bond motifs is 2. The van der Waals surface area contributed by atoms with Crippen molar-refractivity contribution in [3.63, 3.8) is 0 Å². The molecule has 6 rings (SSSR count). The van der Waals surface area contributed by atoms with Gasteiger partial charge in [-0.2, -0.15) is 8.61 Å². The number of piperazine rings is 2. The van der Waals surface area contributed by atoms with Crippen LogP contribution in [-0.4, -0.2) is 104 Å². The Bertz CT molecular complexity index is 1690. The first kappa shape index (κ1) is 27.4. The molecule has 2 aliphatic rings. The smallest absolute Gasteiger partial charge is 0.320 e. The van der Waals surface area contributed by atoms with E-state index in [-0.39, 0.29) is 68.4 Å². The summed E-state index contributed by atoms with van der Waals surface area (Å²) in [6.07, 6.45) is 0. The highest BCUT2D eigenvalue weighted by Crippen LogP contribution is 2.27. The summed E-state index contributed by atoms with van der Waals surface area (Å²) in [5.41, 5.74) is 1.35. The molecule has 11 nitrogen and oxygen atoms in total. The number of H-pyrrole nitrogens is 2. The van der Waals surface area contributed by atoms with Gasteiger partial charge in [0, 0.05) is 84.2 Å². The Labute approximate surface area is 241 Å². The molecule has 0 radical (unpaired) electrons. The molecule has 0 bridgehead atoms. The number of aromatic amines is 2. The lowest BCUT2D eigenvalue weighted by Crippen LogP contribution is -2.57. The second-order valence-electron chi connectivity index (χ2n) is 9.80. The summed E-state index contributed by atoms with van der Waals surface area (Å²) in [5.74, 6) is 0. The second-order valence-corrected chi connectivity index (χ2v) is 14.5. The fraction of sp³-hybridized carbons (Fsp3) is 0.320. The van der Waals surface area contributed by atoms with Crippen molar-refractivity contribution in [2.24, 2.45) is 0 Å². The van der Waals surface area contributed by atoms with Gasteiger partial charge in [0.05, 0.1) is 0 Å². The van der Waals surface area contributed by atoms with Gasteiger partial charge in [0.1, 0.15) is 10.1 Å². The number of rotatable bonds is 4. The Hall–Kier alpha value is -2.81. The van der Waals surface area contributed by atoms with Gasteiger partial charge in [-0.05, 0) is 48.5 Å². The first-order valence-electron chi connectivity index (χ1n) is 12.6. The maximum atomic E-state index is 13.2. The number of aromatic nitrogens is 2. The van der Waals surface area contributed by atoms with Crippen LogP contribution in [0.1, 0.15) is 0 Å². The number of carbonyl (C=O) groups is 1. The predicted octanol–water partition coefficient (Wildman–Crippen LogP) is 3.39. The van der Waals surface area contributed by atoms with Crippen molar-refractivity contribution in [3.8, 4) is 0 Å². The number of hydrogen-bond donors (Lipinski definition) is 2. The molecule has 2 aromatic heterocycles. The van der Waals surface area contributed by atoms with Crippen LogP contribution < -0.4 is 0 Å². The number of halogens is 2. The molecule has 0 aliphatic carbocycles. The van der Waals surface area contributed by atoms with Gasteiger partial charge in [0.2, 0.25) is 0 Å². The SMILES string of the molecule is O=C(N1CCN(S(=O)(=O)c2cc3cc(Cl)ccc3[nH]2)CC1)N1CCN(S(=O)(=O)c2cc3cc(Cl)ccc3[nH]2)CC1. The normalized spacial score (nSPS) is 18.1. The van der Waals surface area contributed by atoms with E-state index < -0.39 is 20.0 Å². The minimum Gasteiger partial charge on any atom is -0.345 e. The minimum absolute atomic E-state index is 0.0833. The van der Waals surface area contributed by atoms with E-state index in [1.165, 1.54) is 8.61 Å². The Morgan fingerprint density at radius 1 is 0.600 bits per heavy atom. The van der Waals surface area contributed by atoms with E-state index in [0.29, 0.717) is 31.9 Å². The van der Waals surface area contributed by atoms with Crippen LogP contribution in [0.2, 0.25) is 10.0 Å². The highest BCUT2D eigenvalue weighted by atomic mass is 35.5. The van der Waals surface area contributed by atoms with Crippen molar-refractivity contribution in [2.75, 3.05) is 52.4 Å². The van der Waals surface area contributed by atoms with Crippen molar-refractivity contribution >= 4 is 71.1 Å². The lowest BCUT2D eigenvalue weighted by atomic mass is 10.2. The summed E-state index contributed by atoms with van der Waals surface area (Å²) >= 11 is 12.1. The number of nitrogens with one attached hydrogen (secondary N) is 2. The zero-order valence-corrected chi connectivity index (χ0v) is 24.3. The molecule has 2 amide bonds. The van der Waals surface area contributed by atoms with Crippen LogP contribution in [0.4, 0.5) is 4.79 Å². The topological polar surface area (TPSA) is 130 Å². The van der Waals surface area contributed by atoms with Crippen LogP contribution in [0.25, 0.3) is 21.8 Å². The highest BCUT2D eigenvalue weighted by molar-refractivity contribution is 7.89. The summed E-state index contributed by atoms with van der Waals surface area (Å²) in [6.45, 7) is 1.57. The largest absolute Gasteiger partial charge is 0.345 e. The number of sulfonamides is 2. The molecular formula is C25H26Cl2N6O5S2. The predicted molar refractivity (Wildman–Crippen MR) is 153 cm³/mol. The first-order chi connectivity index (χ1) is 19.0. The Morgan fingerprint density at radius 3 is 1.35 bits per heavy atom. The van der Waals surface area contributed by atoms with E-state index in [1.54, 1.807) is 58.3 Å². The van der Waals surface area contributed by atoms with E-state index >= 15 is 0 Å². The number of urea groups is 1. The monoisotopic (exact) mass is 624 g/mol. The van der Waals surface area contributed by atoms with Crippen LogP contribution in [0, 0.1) is 0 Å². The summed E-state index contributed by atoms with van der Waals surface area (Å²) in [6, 6.07) is 13.1. The molecule has 0 atom stereocenters. The quantitative estimate of drug-likeness (QED) is 0.359. The summed E-state index contributed by atoms with van der Waals surface area (Å²) in [5, 5.41) is 2.61. The molecule has 2 aromatic carbocycles. The molecule has 2 N–H and O–H groups in total. The maximum Gasteiger partial charge on any atom is 0.320 e. The molecule has 4 aromatic rings. The lowest BCUT2D eigenvalue weighted by molar-refractivity contribution is 0.119. The average Bonchev–Trinajstić information content (AvgIpc) is 3.57. The van der Waals surface area contributed by atoms with E-state index in [1.807, 2.05) is 0 Å². The van der Waals surface area contributed by atoms with Gasteiger partial charge in [-0.25, -0.2) is 21.6 Å². The van der Waals surface area contributed by atoms with E-state index in [0.717, 1.165) is 0 Å². The van der Waals surface area contributed by atoms with Gasteiger partial charge >= 0.3 is 6.03 Å². The fourth-order valence-electron chi connectivity index (χ4n) is 5.15. The van der Waals surface area contributed by atoms with Gasteiger partial charge in [0.15, 0.2) is 0 Å². The van der Waals surface area contributed by atoms with Gasteiger partial charge in [-0.1, -0.05) is 23.2 Å². The average molecular weight is 626 g/mol. The molecule has 212 valence electrons. The third-order valence-electron chi connectivity index (χ3n) is 7.37. The second kappa shape index (κ2) is 10.2. The molecule has 15 heteroatoms. The van der Waals surface area contributed by atoms with Crippen LogP contribution in [0.5, 0.6) is 0 Å². The number of hydrogen-bond acceptors (Lipinski definition) is 5. The maximum absolute atomic E-state index is 13.2. The Balaban J connectivity index is 1.06. The zero-order valence-electron chi connectivity index (χ0n) is 21.2. The fourth-order valence-corrected chi connectivity index (χ4v) is 8.38. The van der Waals surface area contributed by atoms with Gasteiger partial charge in [0.25, 0.3) is 20.0 Å². The standard InChI is InChI=1S/C25H26Cl2N6O5S2/c26-19-1-3-21-17(13-19)15-23(28-21)39(35,36)32-9-5-30(6-10-32)25(34)31-7-11-33(12-8-31)40(37,38)24-16-18-14-20(27)2-4-22(18)29-24/h1-4,13-16,28-29H,5-12H2. The molecule has 2 saturated heterocycles. The van der Waals surface area contributed by atoms with E-state index in [9.17, 15) is 21.6 Å². The first-order valence-corrected chi connectivity index (χ1v) is 16.3. The van der Waals surface area contributed by atoms with Gasteiger partial charge in [-0.3, -0.25) is 0 Å². The molecule has 40 heavy (non-hydrogen) atoms. The highest BCUT2D eigenvalue weighted by Gasteiger charge is 2.35. The zero-order chi connectivity index (χ0) is 28.2. The third-order valence-corrected chi connectivity index (χ3v) is 11.5. The van der Waals surface area contributed by atoms with Crippen molar-refractivity contribution in [1.82, 2.24) is 28.4 Å².